The molecule has 2 heterocycles. The van der Waals surface area contributed by atoms with E-state index < -0.39 is 11.9 Å². The summed E-state index contributed by atoms with van der Waals surface area (Å²) in [6.07, 6.45) is 2.66. The van der Waals surface area contributed by atoms with Gasteiger partial charge in [-0.2, -0.15) is 5.10 Å². The van der Waals surface area contributed by atoms with Crippen LogP contribution >= 0.6 is 11.8 Å². The lowest BCUT2D eigenvalue weighted by molar-refractivity contribution is -0.135. The first-order valence-corrected chi connectivity index (χ1v) is 7.68. The number of methoxy groups -OCH3 is 1. The molecule has 1 fully saturated rings. The van der Waals surface area contributed by atoms with Gasteiger partial charge < -0.3 is 14.2 Å². The molecule has 0 unspecified atom stereocenters. The van der Waals surface area contributed by atoms with Crippen molar-refractivity contribution >= 4 is 35.0 Å². The van der Waals surface area contributed by atoms with Crippen LogP contribution in [0, 0.1) is 6.92 Å². The van der Waals surface area contributed by atoms with E-state index >= 15 is 0 Å². The maximum absolute atomic E-state index is 11.7. The molecule has 9 heteroatoms. The first-order valence-electron chi connectivity index (χ1n) is 6.87. The lowest BCUT2D eigenvalue weighted by Gasteiger charge is -2.01. The number of hydrogen-bond acceptors (Lipinski definition) is 8. The van der Waals surface area contributed by atoms with Crippen molar-refractivity contribution in [3.8, 4) is 11.5 Å². The minimum absolute atomic E-state index is 0.204. The van der Waals surface area contributed by atoms with Gasteiger partial charge >= 0.3 is 5.97 Å². The highest BCUT2D eigenvalue weighted by atomic mass is 32.2. The van der Waals surface area contributed by atoms with Crippen LogP contribution in [0.4, 0.5) is 0 Å². The summed E-state index contributed by atoms with van der Waals surface area (Å²) >= 11 is 1.01. The number of rotatable bonds is 3. The van der Waals surface area contributed by atoms with Crippen molar-refractivity contribution in [1.29, 1.82) is 0 Å². The Morgan fingerprint density at radius 2 is 2.12 bits per heavy atom. The molecule has 0 aromatic heterocycles. The molecule has 1 aromatic carbocycles. The van der Waals surface area contributed by atoms with Crippen LogP contribution in [0.3, 0.4) is 0 Å². The molecule has 24 heavy (non-hydrogen) atoms. The van der Waals surface area contributed by atoms with Crippen LogP contribution in [0.15, 0.2) is 33.3 Å². The number of hydrogen-bond donors (Lipinski definition) is 1. The predicted molar refractivity (Wildman–Crippen MR) is 88.2 cm³/mol. The Balaban J connectivity index is 1.73. The molecular formula is C15H13N3O5S. The van der Waals surface area contributed by atoms with Gasteiger partial charge in [0.15, 0.2) is 16.7 Å². The summed E-state index contributed by atoms with van der Waals surface area (Å²) in [7, 11) is 1.24. The third-order valence-electron chi connectivity index (χ3n) is 3.21. The number of esters is 1. The zero-order chi connectivity index (χ0) is 17.1. The first-order chi connectivity index (χ1) is 11.6. The van der Waals surface area contributed by atoms with Crippen LogP contribution in [-0.2, 0) is 14.3 Å². The molecule has 0 spiro atoms. The number of amidine groups is 1. The maximum Gasteiger partial charge on any atom is 0.331 e. The van der Waals surface area contributed by atoms with Crippen LogP contribution in [0.25, 0.3) is 0 Å². The molecule has 0 radical (unpaired) electrons. The number of ether oxygens (including phenoxy) is 3. The summed E-state index contributed by atoms with van der Waals surface area (Å²) in [5.41, 5.74) is 1.78. The van der Waals surface area contributed by atoms with Gasteiger partial charge in [0.2, 0.25) is 6.79 Å². The molecule has 1 amide bonds. The van der Waals surface area contributed by atoms with Gasteiger partial charge in [-0.1, -0.05) is 0 Å². The van der Waals surface area contributed by atoms with Crippen molar-refractivity contribution in [2.24, 2.45) is 10.2 Å². The quantitative estimate of drug-likeness (QED) is 0.383. The number of nitrogens with zero attached hydrogens (tertiary/aromatic N) is 2. The number of nitrogens with one attached hydrogen (secondary N) is 1. The Bertz CT molecular complexity index is 801. The number of benzene rings is 1. The highest BCUT2D eigenvalue weighted by Crippen LogP contribution is 2.34. The number of carbonyl (C=O) groups is 2. The Labute approximate surface area is 141 Å². The summed E-state index contributed by atoms with van der Waals surface area (Å²) in [5.74, 6) is 0.334. The van der Waals surface area contributed by atoms with Crippen molar-refractivity contribution < 1.29 is 23.8 Å². The van der Waals surface area contributed by atoms with Crippen molar-refractivity contribution in [3.05, 3.63) is 34.2 Å². The largest absolute Gasteiger partial charge is 0.466 e. The summed E-state index contributed by atoms with van der Waals surface area (Å²) in [5, 5.41) is 10.7. The molecule has 1 aromatic rings. The molecule has 0 saturated carbocycles. The summed E-state index contributed by atoms with van der Waals surface area (Å²) in [6, 6.07) is 3.67. The summed E-state index contributed by atoms with van der Waals surface area (Å²) < 4.78 is 15.1. The second-order valence-corrected chi connectivity index (χ2v) is 5.83. The summed E-state index contributed by atoms with van der Waals surface area (Å²) in [4.78, 5) is 23.0. The molecule has 0 atom stereocenters. The van der Waals surface area contributed by atoms with Crippen LogP contribution in [-0.4, -0.2) is 37.2 Å². The lowest BCUT2D eigenvalue weighted by Crippen LogP contribution is -2.19. The summed E-state index contributed by atoms with van der Waals surface area (Å²) in [6.45, 7) is 2.12. The van der Waals surface area contributed by atoms with Crippen molar-refractivity contribution in [2.45, 2.75) is 6.92 Å². The Morgan fingerprint density at radius 3 is 2.88 bits per heavy atom. The number of carbonyl (C=O) groups excluding carboxylic acids is 2. The van der Waals surface area contributed by atoms with E-state index in [4.69, 9.17) is 9.47 Å². The normalized spacial score (nSPS) is 19.3. The molecule has 2 aliphatic rings. The molecule has 2 aliphatic heterocycles. The highest BCUT2D eigenvalue weighted by molar-refractivity contribution is 8.18. The van der Waals surface area contributed by atoms with Gasteiger partial charge in [0.1, 0.15) is 0 Å². The van der Waals surface area contributed by atoms with Gasteiger partial charge in [0.25, 0.3) is 5.91 Å². The third-order valence-corrected chi connectivity index (χ3v) is 4.11. The van der Waals surface area contributed by atoms with Gasteiger partial charge in [0.05, 0.1) is 18.2 Å². The monoisotopic (exact) mass is 347 g/mol. The van der Waals surface area contributed by atoms with Gasteiger partial charge in [0, 0.05) is 11.6 Å². The maximum atomic E-state index is 11.7. The van der Waals surface area contributed by atoms with Gasteiger partial charge in [-0.05, 0) is 36.4 Å². The van der Waals surface area contributed by atoms with Gasteiger partial charge in [-0.3, -0.25) is 10.1 Å². The van der Waals surface area contributed by atoms with E-state index in [-0.39, 0.29) is 16.9 Å². The Kier molecular flexibility index (Phi) is 4.52. The third kappa shape index (κ3) is 3.40. The SMILES string of the molecule is COC(=O)/C=C1/S/C(=N\N=Cc2cc3c(cc2C)OCO3)NC1=O. The number of amides is 1. The van der Waals surface area contributed by atoms with Crippen LogP contribution in [0.2, 0.25) is 0 Å². The molecule has 1 saturated heterocycles. The van der Waals surface area contributed by atoms with E-state index in [1.807, 2.05) is 19.1 Å². The minimum atomic E-state index is -0.603. The average molecular weight is 347 g/mol. The topological polar surface area (TPSA) is 98.6 Å². The molecular weight excluding hydrogens is 334 g/mol. The van der Waals surface area contributed by atoms with E-state index in [2.05, 4.69) is 20.3 Å². The van der Waals surface area contributed by atoms with E-state index in [0.717, 1.165) is 29.0 Å². The number of fused-ring (bicyclic) bond motifs is 1. The molecule has 3 rings (SSSR count). The van der Waals surface area contributed by atoms with E-state index in [1.54, 1.807) is 6.21 Å². The van der Waals surface area contributed by atoms with E-state index in [0.29, 0.717) is 11.5 Å². The van der Waals surface area contributed by atoms with Crippen LogP contribution in [0.1, 0.15) is 11.1 Å². The zero-order valence-corrected chi connectivity index (χ0v) is 13.7. The van der Waals surface area contributed by atoms with E-state index in [9.17, 15) is 9.59 Å². The fraction of sp³-hybridized carbons (Fsp3) is 0.200. The minimum Gasteiger partial charge on any atom is -0.466 e. The predicted octanol–water partition coefficient (Wildman–Crippen LogP) is 1.33. The molecule has 0 aliphatic carbocycles. The second kappa shape index (κ2) is 6.75. The zero-order valence-electron chi connectivity index (χ0n) is 12.9. The molecule has 124 valence electrons. The Morgan fingerprint density at radius 1 is 1.38 bits per heavy atom. The van der Waals surface area contributed by atoms with Crippen LogP contribution < -0.4 is 14.8 Å². The van der Waals surface area contributed by atoms with Crippen molar-refractivity contribution in [2.75, 3.05) is 13.9 Å². The molecule has 0 bridgehead atoms. The number of aryl methyl sites for hydroxylation is 1. The van der Waals surface area contributed by atoms with Crippen molar-refractivity contribution in [1.82, 2.24) is 5.32 Å². The second-order valence-electron chi connectivity index (χ2n) is 4.80. The smallest absolute Gasteiger partial charge is 0.331 e. The molecule has 1 N–H and O–H groups in total. The standard InChI is InChI=1S/C15H13N3O5S/c1-8-3-10-11(23-7-22-10)4-9(8)6-16-18-15-17-14(20)12(24-15)5-13(19)21-2/h3-6H,7H2,1-2H3,(H,17,18,20)/b12-5+,16-6?. The van der Waals surface area contributed by atoms with Gasteiger partial charge in [-0.15, -0.1) is 5.10 Å². The first kappa shape index (κ1) is 16.1. The van der Waals surface area contributed by atoms with Crippen LogP contribution in [0.5, 0.6) is 11.5 Å². The van der Waals surface area contributed by atoms with Crippen molar-refractivity contribution in [3.63, 3.8) is 0 Å². The Hall–Kier alpha value is -2.81. The van der Waals surface area contributed by atoms with Gasteiger partial charge in [-0.25, -0.2) is 4.79 Å². The number of thioether (sulfide) groups is 1. The lowest BCUT2D eigenvalue weighted by atomic mass is 10.1. The average Bonchev–Trinajstić information content (AvgIpc) is 3.14. The highest BCUT2D eigenvalue weighted by Gasteiger charge is 2.25. The fourth-order valence-corrected chi connectivity index (χ4v) is 2.72. The van der Waals surface area contributed by atoms with E-state index in [1.165, 1.54) is 7.11 Å². The fourth-order valence-electron chi connectivity index (χ4n) is 1.98. The molecule has 8 nitrogen and oxygen atoms in total.